The third-order valence-corrected chi connectivity index (χ3v) is 5.33. The minimum Gasteiger partial charge on any atom is -0.356 e. The highest BCUT2D eigenvalue weighted by Crippen LogP contribution is 2.48. The van der Waals surface area contributed by atoms with Crippen LogP contribution in [0.25, 0.3) is 0 Å². The van der Waals surface area contributed by atoms with Crippen LogP contribution in [-0.4, -0.2) is 35.9 Å². The molecule has 1 aliphatic carbocycles. The summed E-state index contributed by atoms with van der Waals surface area (Å²) in [5.41, 5.74) is 5.46. The van der Waals surface area contributed by atoms with Crippen LogP contribution in [0.3, 0.4) is 0 Å². The molecule has 1 fully saturated rings. The molecule has 148 valence electrons. The number of hydrogen-bond acceptors (Lipinski definition) is 2. The second kappa shape index (κ2) is 9.57. The maximum atomic E-state index is 4.51. The predicted octanol–water partition coefficient (Wildman–Crippen LogP) is 3.71. The number of rotatable bonds is 7. The SMILES string of the molecule is CN=C(NCCCn1nc(C)cc1C)NCC1(c2ccccc2C)CC1.I. The highest BCUT2D eigenvalue weighted by Gasteiger charge is 2.44. The van der Waals surface area contributed by atoms with Crippen LogP contribution in [0.5, 0.6) is 0 Å². The van der Waals surface area contributed by atoms with Gasteiger partial charge >= 0.3 is 0 Å². The maximum absolute atomic E-state index is 4.51. The van der Waals surface area contributed by atoms with Crippen molar-refractivity contribution in [3.05, 3.63) is 52.8 Å². The Kier molecular flexibility index (Phi) is 7.70. The van der Waals surface area contributed by atoms with E-state index in [1.807, 2.05) is 14.0 Å². The minimum atomic E-state index is 0. The lowest BCUT2D eigenvalue weighted by molar-refractivity contribution is 0.553. The number of halogens is 1. The molecule has 2 aromatic rings. The number of benzene rings is 1. The van der Waals surface area contributed by atoms with Gasteiger partial charge in [0, 0.05) is 37.8 Å². The highest BCUT2D eigenvalue weighted by molar-refractivity contribution is 14.0. The lowest BCUT2D eigenvalue weighted by Crippen LogP contribution is -2.41. The van der Waals surface area contributed by atoms with E-state index in [1.54, 1.807) is 0 Å². The maximum Gasteiger partial charge on any atom is 0.191 e. The molecule has 1 aliphatic rings. The fourth-order valence-electron chi connectivity index (χ4n) is 3.67. The van der Waals surface area contributed by atoms with Crippen LogP contribution in [0.2, 0.25) is 0 Å². The van der Waals surface area contributed by atoms with Gasteiger partial charge in [-0.25, -0.2) is 0 Å². The van der Waals surface area contributed by atoms with Crippen LogP contribution in [0.4, 0.5) is 0 Å². The molecule has 1 aromatic heterocycles. The molecule has 1 aromatic carbocycles. The molecule has 0 bridgehead atoms. The van der Waals surface area contributed by atoms with Crippen molar-refractivity contribution in [2.24, 2.45) is 4.99 Å². The van der Waals surface area contributed by atoms with Crippen molar-refractivity contribution >= 4 is 29.9 Å². The van der Waals surface area contributed by atoms with Crippen molar-refractivity contribution in [3.8, 4) is 0 Å². The van der Waals surface area contributed by atoms with Crippen molar-refractivity contribution in [2.75, 3.05) is 20.1 Å². The first-order valence-corrected chi connectivity index (χ1v) is 9.56. The van der Waals surface area contributed by atoms with E-state index in [1.165, 1.54) is 29.7 Å². The first-order valence-electron chi connectivity index (χ1n) is 9.56. The van der Waals surface area contributed by atoms with Gasteiger partial charge in [-0.3, -0.25) is 9.67 Å². The molecule has 1 heterocycles. The Morgan fingerprint density at radius 1 is 1.19 bits per heavy atom. The largest absolute Gasteiger partial charge is 0.356 e. The molecule has 0 atom stereocenters. The Balaban J connectivity index is 0.00000261. The average Bonchev–Trinajstić information content (AvgIpc) is 3.34. The molecule has 5 nitrogen and oxygen atoms in total. The van der Waals surface area contributed by atoms with Crippen LogP contribution >= 0.6 is 24.0 Å². The van der Waals surface area contributed by atoms with Crippen molar-refractivity contribution in [3.63, 3.8) is 0 Å². The summed E-state index contributed by atoms with van der Waals surface area (Å²) < 4.78 is 2.07. The molecule has 0 amide bonds. The predicted molar refractivity (Wildman–Crippen MR) is 123 cm³/mol. The number of aryl methyl sites for hydroxylation is 4. The topological polar surface area (TPSA) is 54.2 Å². The van der Waals surface area contributed by atoms with Gasteiger partial charge < -0.3 is 10.6 Å². The molecule has 0 saturated heterocycles. The van der Waals surface area contributed by atoms with Crippen molar-refractivity contribution in [2.45, 2.75) is 52.0 Å². The standard InChI is InChI=1S/C21H31N5.HI/c1-16-8-5-6-9-19(16)21(10-11-21)15-24-20(22-4)23-12-7-13-26-18(3)14-17(2)25-26;/h5-6,8-9,14H,7,10-13,15H2,1-4H3,(H2,22,23,24);1H. The average molecular weight is 481 g/mol. The van der Waals surface area contributed by atoms with Crippen LogP contribution in [0.1, 0.15) is 41.8 Å². The van der Waals surface area contributed by atoms with Gasteiger partial charge in [-0.1, -0.05) is 24.3 Å². The van der Waals surface area contributed by atoms with Gasteiger partial charge in [-0.05, 0) is 57.2 Å². The lowest BCUT2D eigenvalue weighted by atomic mass is 9.92. The summed E-state index contributed by atoms with van der Waals surface area (Å²) in [6, 6.07) is 10.9. The molecular weight excluding hydrogens is 449 g/mol. The van der Waals surface area contributed by atoms with Crippen LogP contribution in [0.15, 0.2) is 35.3 Å². The second-order valence-corrected chi connectivity index (χ2v) is 7.45. The summed E-state index contributed by atoms with van der Waals surface area (Å²) in [6.07, 6.45) is 3.52. The lowest BCUT2D eigenvalue weighted by Gasteiger charge is -2.20. The Bertz CT molecular complexity index is 777. The normalized spacial score (nSPS) is 15.2. The van der Waals surface area contributed by atoms with E-state index >= 15 is 0 Å². The van der Waals surface area contributed by atoms with Crippen LogP contribution in [-0.2, 0) is 12.0 Å². The van der Waals surface area contributed by atoms with Gasteiger partial charge in [0.15, 0.2) is 5.96 Å². The Morgan fingerprint density at radius 2 is 1.93 bits per heavy atom. The van der Waals surface area contributed by atoms with Gasteiger partial charge in [0.1, 0.15) is 0 Å². The molecule has 0 unspecified atom stereocenters. The van der Waals surface area contributed by atoms with E-state index in [-0.39, 0.29) is 29.4 Å². The van der Waals surface area contributed by atoms with Gasteiger partial charge in [0.05, 0.1) is 5.69 Å². The van der Waals surface area contributed by atoms with E-state index in [2.05, 4.69) is 69.6 Å². The Hall–Kier alpha value is -1.57. The molecule has 27 heavy (non-hydrogen) atoms. The van der Waals surface area contributed by atoms with E-state index in [9.17, 15) is 0 Å². The fourth-order valence-corrected chi connectivity index (χ4v) is 3.67. The molecule has 6 heteroatoms. The van der Waals surface area contributed by atoms with E-state index in [0.29, 0.717) is 0 Å². The fraction of sp³-hybridized carbons (Fsp3) is 0.524. The van der Waals surface area contributed by atoms with Crippen LogP contribution < -0.4 is 10.6 Å². The Morgan fingerprint density at radius 3 is 2.52 bits per heavy atom. The number of aromatic nitrogens is 2. The minimum absolute atomic E-state index is 0. The van der Waals surface area contributed by atoms with Crippen molar-refractivity contribution < 1.29 is 0 Å². The summed E-state index contributed by atoms with van der Waals surface area (Å²) in [6.45, 7) is 9.10. The number of nitrogens with zero attached hydrogens (tertiary/aromatic N) is 3. The van der Waals surface area contributed by atoms with Gasteiger partial charge in [-0.15, -0.1) is 24.0 Å². The van der Waals surface area contributed by atoms with E-state index < -0.39 is 0 Å². The quantitative estimate of drug-likeness (QED) is 0.275. The number of aliphatic imine (C=N–C) groups is 1. The summed E-state index contributed by atoms with van der Waals surface area (Å²) >= 11 is 0. The zero-order valence-corrected chi connectivity index (χ0v) is 19.2. The zero-order valence-electron chi connectivity index (χ0n) is 16.9. The van der Waals surface area contributed by atoms with Crippen molar-refractivity contribution in [1.29, 1.82) is 0 Å². The molecule has 0 spiro atoms. The second-order valence-electron chi connectivity index (χ2n) is 7.45. The third kappa shape index (κ3) is 5.46. The summed E-state index contributed by atoms with van der Waals surface area (Å²) in [5.74, 6) is 0.887. The monoisotopic (exact) mass is 481 g/mol. The highest BCUT2D eigenvalue weighted by atomic mass is 127. The van der Waals surface area contributed by atoms with Crippen molar-refractivity contribution in [1.82, 2.24) is 20.4 Å². The molecule has 0 radical (unpaired) electrons. The van der Waals surface area contributed by atoms with E-state index in [0.717, 1.165) is 37.7 Å². The van der Waals surface area contributed by atoms with E-state index in [4.69, 9.17) is 0 Å². The zero-order chi connectivity index (χ0) is 18.6. The summed E-state index contributed by atoms with van der Waals surface area (Å²) in [7, 11) is 1.84. The molecular formula is C21H32IN5. The smallest absolute Gasteiger partial charge is 0.191 e. The van der Waals surface area contributed by atoms with Gasteiger partial charge in [-0.2, -0.15) is 5.10 Å². The number of nitrogens with one attached hydrogen (secondary N) is 2. The number of guanidine groups is 1. The Labute approximate surface area is 180 Å². The third-order valence-electron chi connectivity index (χ3n) is 5.33. The van der Waals surface area contributed by atoms with Crippen LogP contribution in [0, 0.1) is 20.8 Å². The first kappa shape index (κ1) is 21.7. The van der Waals surface area contributed by atoms with Gasteiger partial charge in [0.25, 0.3) is 0 Å². The number of hydrogen-bond donors (Lipinski definition) is 2. The molecule has 1 saturated carbocycles. The first-order chi connectivity index (χ1) is 12.5. The molecule has 3 rings (SSSR count). The summed E-state index contributed by atoms with van der Waals surface area (Å²) in [5, 5.41) is 11.5. The summed E-state index contributed by atoms with van der Waals surface area (Å²) in [4.78, 5) is 4.37. The van der Waals surface area contributed by atoms with Gasteiger partial charge in [0.2, 0.25) is 0 Å². The molecule has 2 N–H and O–H groups in total. The molecule has 0 aliphatic heterocycles.